The molecule has 2 rings (SSSR count). The molecule has 4 nitrogen and oxygen atoms in total. The molecular weight excluding hydrogens is 238 g/mol. The van der Waals surface area contributed by atoms with E-state index < -0.39 is 0 Å². The maximum atomic E-state index is 12.2. The Bertz CT molecular complexity index is 563. The van der Waals surface area contributed by atoms with Crippen LogP contribution < -0.4 is 10.6 Å². The number of nitrogens with one attached hydrogen (secondary N) is 2. The van der Waals surface area contributed by atoms with Crippen molar-refractivity contribution in [1.82, 2.24) is 15.6 Å². The summed E-state index contributed by atoms with van der Waals surface area (Å²) in [4.78, 5) is 16.4. The van der Waals surface area contributed by atoms with E-state index in [2.05, 4.69) is 15.6 Å². The summed E-state index contributed by atoms with van der Waals surface area (Å²) >= 11 is 0. The Morgan fingerprint density at radius 3 is 2.89 bits per heavy atom. The maximum absolute atomic E-state index is 12.2. The third-order valence-electron chi connectivity index (χ3n) is 3.01. The van der Waals surface area contributed by atoms with Gasteiger partial charge in [-0.1, -0.05) is 31.2 Å². The lowest BCUT2D eigenvalue weighted by Gasteiger charge is -2.13. The molecule has 0 spiro atoms. The van der Waals surface area contributed by atoms with E-state index in [0.717, 1.165) is 17.3 Å². The lowest BCUT2D eigenvalue weighted by molar-refractivity contribution is 0.0947. The smallest absolute Gasteiger partial charge is 0.270 e. The summed E-state index contributed by atoms with van der Waals surface area (Å²) < 4.78 is 0. The van der Waals surface area contributed by atoms with Gasteiger partial charge in [-0.05, 0) is 24.9 Å². The van der Waals surface area contributed by atoms with E-state index in [9.17, 15) is 4.79 Å². The van der Waals surface area contributed by atoms with Gasteiger partial charge in [-0.2, -0.15) is 0 Å². The van der Waals surface area contributed by atoms with Crippen molar-refractivity contribution in [1.29, 1.82) is 0 Å². The highest BCUT2D eigenvalue weighted by molar-refractivity contribution is 6.05. The zero-order valence-corrected chi connectivity index (χ0v) is 11.3. The highest BCUT2D eigenvalue weighted by atomic mass is 16.1. The first-order valence-corrected chi connectivity index (χ1v) is 6.57. The van der Waals surface area contributed by atoms with Crippen LogP contribution in [0, 0.1) is 0 Å². The van der Waals surface area contributed by atoms with Gasteiger partial charge < -0.3 is 10.6 Å². The van der Waals surface area contributed by atoms with Gasteiger partial charge in [-0.3, -0.25) is 9.78 Å². The van der Waals surface area contributed by atoms with E-state index in [1.54, 1.807) is 6.20 Å². The molecule has 0 aliphatic rings. The van der Waals surface area contributed by atoms with Gasteiger partial charge in [0.25, 0.3) is 5.91 Å². The van der Waals surface area contributed by atoms with Gasteiger partial charge in [0.1, 0.15) is 5.69 Å². The summed E-state index contributed by atoms with van der Waals surface area (Å²) in [5.41, 5.74) is 0.488. The Morgan fingerprint density at radius 1 is 1.32 bits per heavy atom. The van der Waals surface area contributed by atoms with Gasteiger partial charge in [0.2, 0.25) is 0 Å². The van der Waals surface area contributed by atoms with Gasteiger partial charge in [0.15, 0.2) is 0 Å². The molecule has 1 aromatic heterocycles. The molecule has 0 fully saturated rings. The van der Waals surface area contributed by atoms with Crippen molar-refractivity contribution >= 4 is 16.7 Å². The van der Waals surface area contributed by atoms with E-state index >= 15 is 0 Å². The van der Waals surface area contributed by atoms with Crippen molar-refractivity contribution < 1.29 is 4.79 Å². The van der Waals surface area contributed by atoms with Gasteiger partial charge in [-0.25, -0.2) is 0 Å². The number of hydrogen-bond donors (Lipinski definition) is 2. The second-order valence-corrected chi connectivity index (χ2v) is 4.55. The van der Waals surface area contributed by atoms with Crippen LogP contribution in [0.5, 0.6) is 0 Å². The predicted molar refractivity (Wildman–Crippen MR) is 77.2 cm³/mol. The van der Waals surface area contributed by atoms with Crippen LogP contribution in [0.2, 0.25) is 0 Å². The molecule has 0 bridgehead atoms. The second-order valence-electron chi connectivity index (χ2n) is 4.55. The molecule has 19 heavy (non-hydrogen) atoms. The SMILES string of the molecule is CCN[C@H](C)CNC(=O)c1nccc2ccccc12. The molecule has 0 aliphatic heterocycles. The van der Waals surface area contributed by atoms with Crippen LogP contribution in [0.1, 0.15) is 24.3 Å². The Hall–Kier alpha value is -1.94. The molecule has 0 saturated heterocycles. The largest absolute Gasteiger partial charge is 0.349 e. The van der Waals surface area contributed by atoms with E-state index in [0.29, 0.717) is 12.2 Å². The fourth-order valence-electron chi connectivity index (χ4n) is 2.05. The fraction of sp³-hybridized carbons (Fsp3) is 0.333. The molecule has 1 amide bonds. The number of aromatic nitrogens is 1. The number of nitrogens with zero attached hydrogens (tertiary/aromatic N) is 1. The highest BCUT2D eigenvalue weighted by Gasteiger charge is 2.11. The van der Waals surface area contributed by atoms with Crippen LogP contribution in [-0.2, 0) is 0 Å². The van der Waals surface area contributed by atoms with Crippen LogP contribution in [0.3, 0.4) is 0 Å². The Morgan fingerprint density at radius 2 is 2.11 bits per heavy atom. The van der Waals surface area contributed by atoms with Crippen LogP contribution >= 0.6 is 0 Å². The van der Waals surface area contributed by atoms with Gasteiger partial charge in [-0.15, -0.1) is 0 Å². The number of rotatable bonds is 5. The molecule has 1 aromatic carbocycles. The molecule has 1 atom stereocenters. The van der Waals surface area contributed by atoms with Crippen molar-refractivity contribution in [2.75, 3.05) is 13.1 Å². The average molecular weight is 257 g/mol. The van der Waals surface area contributed by atoms with Crippen molar-refractivity contribution in [3.63, 3.8) is 0 Å². The quantitative estimate of drug-likeness (QED) is 0.861. The average Bonchev–Trinajstić information content (AvgIpc) is 2.44. The fourth-order valence-corrected chi connectivity index (χ4v) is 2.05. The third kappa shape index (κ3) is 3.29. The topological polar surface area (TPSA) is 54.0 Å². The number of amides is 1. The molecule has 0 saturated carbocycles. The summed E-state index contributed by atoms with van der Waals surface area (Å²) in [5, 5.41) is 8.08. The molecule has 0 unspecified atom stereocenters. The number of carbonyl (C=O) groups is 1. The number of likely N-dealkylation sites (N-methyl/N-ethyl adjacent to an activating group) is 1. The normalized spacial score (nSPS) is 12.3. The summed E-state index contributed by atoms with van der Waals surface area (Å²) in [7, 11) is 0. The molecular formula is C15H19N3O. The number of hydrogen-bond acceptors (Lipinski definition) is 3. The Labute approximate surface area is 113 Å². The zero-order valence-electron chi connectivity index (χ0n) is 11.3. The van der Waals surface area contributed by atoms with Crippen molar-refractivity contribution in [3.05, 3.63) is 42.2 Å². The minimum atomic E-state index is -0.124. The maximum Gasteiger partial charge on any atom is 0.270 e. The van der Waals surface area contributed by atoms with E-state index in [4.69, 9.17) is 0 Å². The van der Waals surface area contributed by atoms with Crippen molar-refractivity contribution in [2.45, 2.75) is 19.9 Å². The van der Waals surface area contributed by atoms with Gasteiger partial charge in [0, 0.05) is 24.2 Å². The van der Waals surface area contributed by atoms with Crippen molar-refractivity contribution in [3.8, 4) is 0 Å². The molecule has 2 N–H and O–H groups in total. The molecule has 4 heteroatoms. The van der Waals surface area contributed by atoms with E-state index in [1.165, 1.54) is 0 Å². The summed E-state index contributed by atoms with van der Waals surface area (Å²) in [5.74, 6) is -0.124. The number of pyridine rings is 1. The second kappa shape index (κ2) is 6.29. The standard InChI is InChI=1S/C15H19N3O/c1-3-16-11(2)10-18-15(19)14-13-7-5-4-6-12(13)8-9-17-14/h4-9,11,16H,3,10H2,1-2H3,(H,18,19)/t11-/m1/s1. The third-order valence-corrected chi connectivity index (χ3v) is 3.01. The molecule has 0 aliphatic carbocycles. The van der Waals surface area contributed by atoms with Gasteiger partial charge >= 0.3 is 0 Å². The minimum absolute atomic E-state index is 0.124. The Kier molecular flexibility index (Phi) is 4.47. The lowest BCUT2D eigenvalue weighted by Crippen LogP contribution is -2.39. The zero-order chi connectivity index (χ0) is 13.7. The number of carbonyl (C=O) groups excluding carboxylic acids is 1. The number of fused-ring (bicyclic) bond motifs is 1. The minimum Gasteiger partial charge on any atom is -0.349 e. The van der Waals surface area contributed by atoms with Gasteiger partial charge in [0.05, 0.1) is 0 Å². The Balaban J connectivity index is 2.13. The van der Waals surface area contributed by atoms with E-state index in [1.807, 2.05) is 44.2 Å². The molecule has 0 radical (unpaired) electrons. The van der Waals surface area contributed by atoms with E-state index in [-0.39, 0.29) is 11.9 Å². The first-order chi connectivity index (χ1) is 9.22. The predicted octanol–water partition coefficient (Wildman–Crippen LogP) is 1.96. The first-order valence-electron chi connectivity index (χ1n) is 6.57. The monoisotopic (exact) mass is 257 g/mol. The van der Waals surface area contributed by atoms with Crippen LogP contribution in [0.25, 0.3) is 10.8 Å². The lowest BCUT2D eigenvalue weighted by atomic mass is 10.1. The molecule has 2 aromatic rings. The summed E-state index contributed by atoms with van der Waals surface area (Å²) in [6.45, 7) is 5.58. The number of benzene rings is 1. The van der Waals surface area contributed by atoms with Crippen LogP contribution in [0.4, 0.5) is 0 Å². The highest BCUT2D eigenvalue weighted by Crippen LogP contribution is 2.15. The van der Waals surface area contributed by atoms with Crippen molar-refractivity contribution in [2.24, 2.45) is 0 Å². The summed E-state index contributed by atoms with van der Waals surface area (Å²) in [6.07, 6.45) is 1.67. The molecule has 100 valence electrons. The molecule has 1 heterocycles. The summed E-state index contributed by atoms with van der Waals surface area (Å²) in [6, 6.07) is 9.94. The van der Waals surface area contributed by atoms with Crippen LogP contribution in [0.15, 0.2) is 36.5 Å². The van der Waals surface area contributed by atoms with Crippen LogP contribution in [-0.4, -0.2) is 30.0 Å². The first kappa shape index (κ1) is 13.5.